The highest BCUT2D eigenvalue weighted by Crippen LogP contribution is 2.24. The van der Waals surface area contributed by atoms with E-state index in [2.05, 4.69) is 61.5 Å². The summed E-state index contributed by atoms with van der Waals surface area (Å²) >= 11 is 0. The minimum absolute atomic E-state index is 0.893. The van der Waals surface area contributed by atoms with Gasteiger partial charge in [0, 0.05) is 0 Å². The van der Waals surface area contributed by atoms with Gasteiger partial charge in [-0.3, -0.25) is 0 Å². The molecule has 2 aromatic carbocycles. The Kier molecular flexibility index (Phi) is 6.50. The number of hydrogen-bond acceptors (Lipinski definition) is 1. The minimum atomic E-state index is 0.893. The standard InChI is InChI=1S/C21H24O/c1-3-4-5-9-12-20(17-18-10-7-6-8-11-18)19-13-15-21(22-2)16-14-19/h5-11,13-17H,3-4,12H2,1-2H3/b9-5+,20-17+. The zero-order chi connectivity index (χ0) is 15.6. The van der Waals surface area contributed by atoms with Gasteiger partial charge in [-0.05, 0) is 41.7 Å². The smallest absolute Gasteiger partial charge is 0.118 e. The van der Waals surface area contributed by atoms with Crippen molar-refractivity contribution in [3.05, 3.63) is 77.9 Å². The fourth-order valence-electron chi connectivity index (χ4n) is 2.31. The van der Waals surface area contributed by atoms with Gasteiger partial charge in [-0.2, -0.15) is 0 Å². The Labute approximate surface area is 134 Å². The molecule has 114 valence electrons. The van der Waals surface area contributed by atoms with Gasteiger partial charge < -0.3 is 4.74 Å². The third-order valence-electron chi connectivity index (χ3n) is 3.56. The van der Waals surface area contributed by atoms with Crippen LogP contribution in [0.2, 0.25) is 0 Å². The van der Waals surface area contributed by atoms with Crippen molar-refractivity contribution in [2.45, 2.75) is 26.2 Å². The second-order valence-corrected chi connectivity index (χ2v) is 5.27. The number of benzene rings is 2. The summed E-state index contributed by atoms with van der Waals surface area (Å²) in [5.74, 6) is 0.893. The first-order valence-electron chi connectivity index (χ1n) is 7.88. The van der Waals surface area contributed by atoms with Crippen molar-refractivity contribution in [3.63, 3.8) is 0 Å². The summed E-state index contributed by atoms with van der Waals surface area (Å²) in [4.78, 5) is 0. The van der Waals surface area contributed by atoms with Crippen molar-refractivity contribution in [1.82, 2.24) is 0 Å². The maximum Gasteiger partial charge on any atom is 0.118 e. The number of hydrogen-bond donors (Lipinski definition) is 0. The highest BCUT2D eigenvalue weighted by Gasteiger charge is 2.01. The molecule has 0 spiro atoms. The Morgan fingerprint density at radius 3 is 2.32 bits per heavy atom. The molecule has 0 N–H and O–H groups in total. The molecule has 2 aromatic rings. The van der Waals surface area contributed by atoms with Crippen molar-refractivity contribution < 1.29 is 4.74 Å². The molecule has 1 nitrogen and oxygen atoms in total. The maximum atomic E-state index is 5.25. The van der Waals surface area contributed by atoms with Crippen LogP contribution in [0.3, 0.4) is 0 Å². The number of unbranched alkanes of at least 4 members (excludes halogenated alkanes) is 1. The second-order valence-electron chi connectivity index (χ2n) is 5.27. The largest absolute Gasteiger partial charge is 0.497 e. The molecule has 0 unspecified atom stereocenters. The number of methoxy groups -OCH3 is 1. The van der Waals surface area contributed by atoms with Crippen molar-refractivity contribution >= 4 is 11.6 Å². The van der Waals surface area contributed by atoms with E-state index in [1.807, 2.05) is 18.2 Å². The number of ether oxygens (including phenoxy) is 1. The van der Waals surface area contributed by atoms with Gasteiger partial charge in [0.15, 0.2) is 0 Å². The molecule has 0 heterocycles. The predicted octanol–water partition coefficient (Wildman–Crippen LogP) is 5.98. The molecule has 0 bridgehead atoms. The molecule has 0 radical (unpaired) electrons. The van der Waals surface area contributed by atoms with E-state index in [1.165, 1.54) is 23.1 Å². The van der Waals surface area contributed by atoms with Crippen LogP contribution in [0.15, 0.2) is 66.7 Å². The highest BCUT2D eigenvalue weighted by atomic mass is 16.5. The van der Waals surface area contributed by atoms with Gasteiger partial charge in [0.05, 0.1) is 7.11 Å². The maximum absolute atomic E-state index is 5.25. The molecule has 0 aliphatic carbocycles. The summed E-state index contributed by atoms with van der Waals surface area (Å²) in [7, 11) is 1.70. The first-order chi connectivity index (χ1) is 10.8. The first-order valence-corrected chi connectivity index (χ1v) is 7.88. The van der Waals surface area contributed by atoms with Gasteiger partial charge >= 0.3 is 0 Å². The fourth-order valence-corrected chi connectivity index (χ4v) is 2.31. The van der Waals surface area contributed by atoms with Crippen LogP contribution in [0.1, 0.15) is 37.3 Å². The first kappa shape index (κ1) is 16.1. The summed E-state index contributed by atoms with van der Waals surface area (Å²) in [5, 5.41) is 0. The lowest BCUT2D eigenvalue weighted by molar-refractivity contribution is 0.415. The molecule has 0 saturated carbocycles. The molecular weight excluding hydrogens is 268 g/mol. The molecular formula is C21H24O. The van der Waals surface area contributed by atoms with E-state index in [1.54, 1.807) is 7.11 Å². The Bertz CT molecular complexity index is 606. The quantitative estimate of drug-likeness (QED) is 0.450. The monoisotopic (exact) mass is 292 g/mol. The van der Waals surface area contributed by atoms with Crippen molar-refractivity contribution in [2.75, 3.05) is 7.11 Å². The van der Waals surface area contributed by atoms with Crippen LogP contribution in [0, 0.1) is 0 Å². The zero-order valence-electron chi connectivity index (χ0n) is 13.5. The lowest BCUT2D eigenvalue weighted by atomic mass is 9.99. The molecule has 0 aliphatic heterocycles. The molecule has 0 amide bonds. The molecule has 0 atom stereocenters. The SMILES string of the molecule is CCC/C=C/C/C(=C\c1ccccc1)c1ccc(OC)cc1. The van der Waals surface area contributed by atoms with Crippen molar-refractivity contribution in [3.8, 4) is 5.75 Å². The predicted molar refractivity (Wildman–Crippen MR) is 96.0 cm³/mol. The number of rotatable bonds is 7. The third kappa shape index (κ3) is 4.92. The minimum Gasteiger partial charge on any atom is -0.497 e. The molecule has 0 saturated heterocycles. The van der Waals surface area contributed by atoms with Crippen LogP contribution < -0.4 is 4.74 Å². The average Bonchev–Trinajstić information content (AvgIpc) is 2.59. The molecule has 1 heteroatoms. The van der Waals surface area contributed by atoms with Gasteiger partial charge in [0.25, 0.3) is 0 Å². The van der Waals surface area contributed by atoms with Crippen LogP contribution in [0.4, 0.5) is 0 Å². The van der Waals surface area contributed by atoms with E-state index in [0.717, 1.165) is 18.6 Å². The normalized spacial score (nSPS) is 11.8. The van der Waals surface area contributed by atoms with E-state index in [0.29, 0.717) is 0 Å². The topological polar surface area (TPSA) is 9.23 Å². The third-order valence-corrected chi connectivity index (χ3v) is 3.56. The second kappa shape index (κ2) is 8.89. The zero-order valence-corrected chi connectivity index (χ0v) is 13.5. The Balaban J connectivity index is 2.25. The van der Waals surface area contributed by atoms with E-state index < -0.39 is 0 Å². The van der Waals surface area contributed by atoms with Crippen LogP contribution in [-0.2, 0) is 0 Å². The van der Waals surface area contributed by atoms with Gasteiger partial charge in [-0.1, -0.05) is 74.0 Å². The van der Waals surface area contributed by atoms with Crippen molar-refractivity contribution in [2.24, 2.45) is 0 Å². The van der Waals surface area contributed by atoms with Crippen LogP contribution in [0.5, 0.6) is 5.75 Å². The Hall–Kier alpha value is -2.28. The fraction of sp³-hybridized carbons (Fsp3) is 0.238. The summed E-state index contributed by atoms with van der Waals surface area (Å²) in [6.45, 7) is 2.20. The van der Waals surface area contributed by atoms with Crippen LogP contribution in [-0.4, -0.2) is 7.11 Å². The molecule has 0 aromatic heterocycles. The number of allylic oxidation sites excluding steroid dienone is 3. The van der Waals surface area contributed by atoms with E-state index in [9.17, 15) is 0 Å². The molecule has 22 heavy (non-hydrogen) atoms. The summed E-state index contributed by atoms with van der Waals surface area (Å²) in [6.07, 6.45) is 10.1. The summed E-state index contributed by atoms with van der Waals surface area (Å²) in [6, 6.07) is 18.8. The highest BCUT2D eigenvalue weighted by molar-refractivity contribution is 5.82. The van der Waals surface area contributed by atoms with Gasteiger partial charge in [0.1, 0.15) is 5.75 Å². The average molecular weight is 292 g/mol. The Morgan fingerprint density at radius 2 is 1.68 bits per heavy atom. The summed E-state index contributed by atoms with van der Waals surface area (Å²) < 4.78 is 5.25. The van der Waals surface area contributed by atoms with Gasteiger partial charge in [-0.15, -0.1) is 0 Å². The van der Waals surface area contributed by atoms with Crippen LogP contribution >= 0.6 is 0 Å². The lowest BCUT2D eigenvalue weighted by Crippen LogP contribution is -1.86. The molecule has 0 fully saturated rings. The van der Waals surface area contributed by atoms with Gasteiger partial charge in [0.2, 0.25) is 0 Å². The van der Waals surface area contributed by atoms with Crippen molar-refractivity contribution in [1.29, 1.82) is 0 Å². The lowest BCUT2D eigenvalue weighted by Gasteiger charge is -2.07. The molecule has 2 rings (SSSR count). The summed E-state index contributed by atoms with van der Waals surface area (Å²) in [5.41, 5.74) is 3.80. The van der Waals surface area contributed by atoms with Gasteiger partial charge in [-0.25, -0.2) is 0 Å². The van der Waals surface area contributed by atoms with E-state index >= 15 is 0 Å². The van der Waals surface area contributed by atoms with Crippen LogP contribution in [0.25, 0.3) is 11.6 Å². The van der Waals surface area contributed by atoms with E-state index in [4.69, 9.17) is 4.74 Å². The molecule has 0 aliphatic rings. The van der Waals surface area contributed by atoms with E-state index in [-0.39, 0.29) is 0 Å². The Morgan fingerprint density at radius 1 is 0.955 bits per heavy atom.